The first kappa shape index (κ1) is 11.4. The molecule has 4 heteroatoms. The number of hydrogen-bond acceptors (Lipinski definition) is 1. The van der Waals surface area contributed by atoms with E-state index in [1.807, 2.05) is 18.2 Å². The molecule has 2 amide bonds. The van der Waals surface area contributed by atoms with Gasteiger partial charge in [-0.1, -0.05) is 35.7 Å². The van der Waals surface area contributed by atoms with Crippen LogP contribution in [0.1, 0.15) is 5.56 Å². The highest BCUT2D eigenvalue weighted by atomic mass is 35.5. The van der Waals surface area contributed by atoms with Crippen molar-refractivity contribution in [3.63, 3.8) is 0 Å². The predicted octanol–water partition coefficient (Wildman–Crippen LogP) is 1.77. The third-order valence-electron chi connectivity index (χ3n) is 1.75. The lowest BCUT2D eigenvalue weighted by atomic mass is 10.2. The zero-order valence-electron chi connectivity index (χ0n) is 8.09. The zero-order valence-corrected chi connectivity index (χ0v) is 8.84. The molecule has 0 spiro atoms. The molecule has 0 aliphatic carbocycles. The summed E-state index contributed by atoms with van der Waals surface area (Å²) in [6, 6.07) is 7.03. The summed E-state index contributed by atoms with van der Waals surface area (Å²) in [4.78, 5) is 11.1. The number of halogens is 1. The highest BCUT2D eigenvalue weighted by molar-refractivity contribution is 6.31. The van der Waals surface area contributed by atoms with Gasteiger partial charge in [-0.25, -0.2) is 4.79 Å². The number of amides is 2. The standard InChI is InChI=1S/C11H11ClN2O/c1-2-7-13-11(15)14-8-9-5-3-4-6-10(9)12/h1,3-6H,7-8H2,(H2,13,14,15). The molecule has 0 saturated carbocycles. The van der Waals surface area contributed by atoms with Gasteiger partial charge in [-0.3, -0.25) is 0 Å². The summed E-state index contributed by atoms with van der Waals surface area (Å²) in [5.74, 6) is 2.31. The SMILES string of the molecule is C#CCNC(=O)NCc1ccccc1Cl. The molecule has 0 aromatic heterocycles. The summed E-state index contributed by atoms with van der Waals surface area (Å²) in [7, 11) is 0. The lowest BCUT2D eigenvalue weighted by Crippen LogP contribution is -2.35. The maximum absolute atomic E-state index is 11.1. The monoisotopic (exact) mass is 222 g/mol. The van der Waals surface area contributed by atoms with Crippen molar-refractivity contribution < 1.29 is 4.79 Å². The topological polar surface area (TPSA) is 41.1 Å². The molecule has 0 heterocycles. The normalized spacial score (nSPS) is 9.07. The molecule has 0 saturated heterocycles. The first-order valence-corrected chi connectivity index (χ1v) is 4.80. The van der Waals surface area contributed by atoms with E-state index in [-0.39, 0.29) is 12.6 Å². The van der Waals surface area contributed by atoms with E-state index in [2.05, 4.69) is 16.6 Å². The molecule has 1 aromatic rings. The molecule has 15 heavy (non-hydrogen) atoms. The minimum absolute atomic E-state index is 0.217. The van der Waals surface area contributed by atoms with Crippen LogP contribution in [0.4, 0.5) is 4.79 Å². The first-order chi connectivity index (χ1) is 7.24. The fourth-order valence-electron chi connectivity index (χ4n) is 1.01. The van der Waals surface area contributed by atoms with Crippen LogP contribution in [0.15, 0.2) is 24.3 Å². The molecule has 78 valence electrons. The molecule has 2 N–H and O–H groups in total. The van der Waals surface area contributed by atoms with Crippen molar-refractivity contribution in [1.29, 1.82) is 0 Å². The van der Waals surface area contributed by atoms with Crippen LogP contribution in [0, 0.1) is 12.3 Å². The average Bonchev–Trinajstić information content (AvgIpc) is 2.25. The summed E-state index contributed by atoms with van der Waals surface area (Å²) >= 11 is 5.91. The van der Waals surface area contributed by atoms with Gasteiger partial charge >= 0.3 is 6.03 Å². The van der Waals surface area contributed by atoms with Crippen molar-refractivity contribution in [2.45, 2.75) is 6.54 Å². The van der Waals surface area contributed by atoms with Crippen LogP contribution in [0.25, 0.3) is 0 Å². The molecule has 1 aromatic carbocycles. The number of urea groups is 1. The fraction of sp³-hybridized carbons (Fsp3) is 0.182. The molecule has 0 aliphatic heterocycles. The summed E-state index contributed by atoms with van der Waals surface area (Å²) in [6.45, 7) is 0.602. The first-order valence-electron chi connectivity index (χ1n) is 4.42. The van der Waals surface area contributed by atoms with Crippen LogP contribution in [-0.2, 0) is 6.54 Å². The van der Waals surface area contributed by atoms with Crippen molar-refractivity contribution in [3.05, 3.63) is 34.9 Å². The maximum Gasteiger partial charge on any atom is 0.315 e. The van der Waals surface area contributed by atoms with E-state index in [1.54, 1.807) is 6.07 Å². The van der Waals surface area contributed by atoms with Gasteiger partial charge in [0.2, 0.25) is 0 Å². The van der Waals surface area contributed by atoms with E-state index < -0.39 is 0 Å². The van der Waals surface area contributed by atoms with Crippen molar-refractivity contribution in [3.8, 4) is 12.3 Å². The van der Waals surface area contributed by atoms with Gasteiger partial charge in [0.1, 0.15) is 0 Å². The third kappa shape index (κ3) is 3.92. The van der Waals surface area contributed by atoms with Gasteiger partial charge in [0.05, 0.1) is 6.54 Å². The Morgan fingerprint density at radius 1 is 1.40 bits per heavy atom. The Balaban J connectivity index is 2.41. The molecular formula is C11H11ClN2O. The van der Waals surface area contributed by atoms with E-state index in [0.717, 1.165) is 5.56 Å². The molecule has 0 aliphatic rings. The van der Waals surface area contributed by atoms with Crippen LogP contribution in [-0.4, -0.2) is 12.6 Å². The van der Waals surface area contributed by atoms with E-state index in [4.69, 9.17) is 18.0 Å². The Labute approximate surface area is 93.8 Å². The van der Waals surface area contributed by atoms with E-state index in [9.17, 15) is 4.79 Å². The van der Waals surface area contributed by atoms with Gasteiger partial charge in [0.25, 0.3) is 0 Å². The van der Waals surface area contributed by atoms with Crippen LogP contribution in [0.2, 0.25) is 5.02 Å². The smallest absolute Gasteiger partial charge is 0.315 e. The van der Waals surface area contributed by atoms with Crippen molar-refractivity contribution in [2.24, 2.45) is 0 Å². The van der Waals surface area contributed by atoms with Crippen molar-refractivity contribution in [2.75, 3.05) is 6.54 Å². The molecule has 0 bridgehead atoms. The van der Waals surface area contributed by atoms with E-state index in [0.29, 0.717) is 11.6 Å². The highest BCUT2D eigenvalue weighted by Gasteiger charge is 2.01. The molecule has 0 fully saturated rings. The van der Waals surface area contributed by atoms with Gasteiger partial charge in [0.15, 0.2) is 0 Å². The summed E-state index contributed by atoms with van der Waals surface area (Å²) in [6.07, 6.45) is 4.99. The van der Waals surface area contributed by atoms with Crippen molar-refractivity contribution >= 4 is 17.6 Å². The minimum Gasteiger partial charge on any atom is -0.334 e. The van der Waals surface area contributed by atoms with Crippen LogP contribution >= 0.6 is 11.6 Å². The number of benzene rings is 1. The molecule has 1 rings (SSSR count). The second kappa shape index (κ2) is 5.94. The Kier molecular flexibility index (Phi) is 4.52. The number of terminal acetylenes is 1. The third-order valence-corrected chi connectivity index (χ3v) is 2.12. The van der Waals surface area contributed by atoms with Gasteiger partial charge in [-0.15, -0.1) is 6.42 Å². The minimum atomic E-state index is -0.298. The fourth-order valence-corrected chi connectivity index (χ4v) is 1.21. The second-order valence-electron chi connectivity index (χ2n) is 2.83. The van der Waals surface area contributed by atoms with Crippen LogP contribution in [0.5, 0.6) is 0 Å². The highest BCUT2D eigenvalue weighted by Crippen LogP contribution is 2.13. The Bertz CT molecular complexity index is 384. The Morgan fingerprint density at radius 2 is 2.13 bits per heavy atom. The largest absolute Gasteiger partial charge is 0.334 e. The van der Waals surface area contributed by atoms with Crippen LogP contribution < -0.4 is 10.6 Å². The number of hydrogen-bond donors (Lipinski definition) is 2. The molecular weight excluding hydrogens is 212 g/mol. The molecule has 3 nitrogen and oxygen atoms in total. The lowest BCUT2D eigenvalue weighted by molar-refractivity contribution is 0.241. The second-order valence-corrected chi connectivity index (χ2v) is 3.24. The summed E-state index contributed by atoms with van der Waals surface area (Å²) in [5, 5.41) is 5.77. The number of carbonyl (C=O) groups excluding carboxylic acids is 1. The summed E-state index contributed by atoms with van der Waals surface area (Å²) < 4.78 is 0. The van der Waals surface area contributed by atoms with Gasteiger partial charge in [-0.2, -0.15) is 0 Å². The zero-order chi connectivity index (χ0) is 11.1. The Morgan fingerprint density at radius 3 is 2.80 bits per heavy atom. The number of nitrogens with one attached hydrogen (secondary N) is 2. The number of rotatable bonds is 3. The molecule has 0 unspecified atom stereocenters. The average molecular weight is 223 g/mol. The quantitative estimate of drug-likeness (QED) is 0.752. The lowest BCUT2D eigenvalue weighted by Gasteiger charge is -2.06. The Hall–Kier alpha value is -1.66. The number of carbonyl (C=O) groups is 1. The van der Waals surface area contributed by atoms with Gasteiger partial charge < -0.3 is 10.6 Å². The molecule has 0 radical (unpaired) electrons. The maximum atomic E-state index is 11.1. The van der Waals surface area contributed by atoms with E-state index >= 15 is 0 Å². The van der Waals surface area contributed by atoms with Crippen LogP contribution in [0.3, 0.4) is 0 Å². The van der Waals surface area contributed by atoms with Gasteiger partial charge in [0, 0.05) is 11.6 Å². The predicted molar refractivity (Wildman–Crippen MR) is 60.5 cm³/mol. The van der Waals surface area contributed by atoms with Crippen molar-refractivity contribution in [1.82, 2.24) is 10.6 Å². The van der Waals surface area contributed by atoms with Gasteiger partial charge in [-0.05, 0) is 11.6 Å². The summed E-state index contributed by atoms with van der Waals surface area (Å²) in [5.41, 5.74) is 0.870. The van der Waals surface area contributed by atoms with E-state index in [1.165, 1.54) is 0 Å². The molecule has 0 atom stereocenters.